The van der Waals surface area contributed by atoms with Gasteiger partial charge in [-0.05, 0) is 30.3 Å². The molecule has 0 fully saturated rings. The Bertz CT molecular complexity index is 657. The summed E-state index contributed by atoms with van der Waals surface area (Å²) >= 11 is 1.55. The zero-order valence-corrected chi connectivity index (χ0v) is 12.1. The number of nitrogens with zero attached hydrogens (tertiary/aromatic N) is 1. The molecule has 5 heteroatoms. The van der Waals surface area contributed by atoms with E-state index in [-0.39, 0.29) is 5.91 Å². The molecule has 2 aromatic rings. The molecule has 1 N–H and O–H groups in total. The van der Waals surface area contributed by atoms with Crippen LogP contribution in [0.4, 0.5) is 5.69 Å². The number of para-hydroxylation sites is 1. The van der Waals surface area contributed by atoms with Crippen molar-refractivity contribution in [2.45, 2.75) is 11.3 Å². The molecule has 0 aliphatic rings. The first-order valence-electron chi connectivity index (χ1n) is 6.41. The molecule has 0 spiro atoms. The molecule has 1 aromatic carbocycles. The highest BCUT2D eigenvalue weighted by Crippen LogP contribution is 2.27. The monoisotopic (exact) mass is 298 g/mol. The Morgan fingerprint density at radius 1 is 1.33 bits per heavy atom. The third-order valence-corrected chi connectivity index (χ3v) is 3.63. The van der Waals surface area contributed by atoms with Crippen molar-refractivity contribution in [2.75, 3.05) is 11.1 Å². The fraction of sp³-hybridized carbons (Fsp3) is 0.125. The van der Waals surface area contributed by atoms with E-state index in [4.69, 9.17) is 9.68 Å². The van der Waals surface area contributed by atoms with Crippen LogP contribution in [0.25, 0.3) is 6.08 Å². The smallest absolute Gasteiger partial charge is 0.248 e. The molecule has 0 radical (unpaired) electrons. The number of carbonyl (C=O) groups excluding carboxylic acids is 1. The fourth-order valence-corrected chi connectivity index (χ4v) is 2.48. The number of nitriles is 1. The third kappa shape index (κ3) is 4.86. The van der Waals surface area contributed by atoms with Gasteiger partial charge in [0, 0.05) is 23.1 Å². The van der Waals surface area contributed by atoms with E-state index in [1.165, 1.54) is 6.08 Å². The van der Waals surface area contributed by atoms with Crippen LogP contribution in [0, 0.1) is 11.3 Å². The molecular formula is C16H14N2O2S. The lowest BCUT2D eigenvalue weighted by Crippen LogP contribution is -2.08. The predicted octanol–water partition coefficient (Wildman–Crippen LogP) is 3.94. The quantitative estimate of drug-likeness (QED) is 0.498. The van der Waals surface area contributed by atoms with Gasteiger partial charge in [0.1, 0.15) is 5.76 Å². The van der Waals surface area contributed by atoms with Crippen LogP contribution in [-0.4, -0.2) is 11.7 Å². The topological polar surface area (TPSA) is 66.0 Å². The fourth-order valence-electron chi connectivity index (χ4n) is 1.62. The number of amides is 1. The normalized spacial score (nSPS) is 10.4. The number of benzene rings is 1. The summed E-state index contributed by atoms with van der Waals surface area (Å²) in [5.74, 6) is 1.10. The van der Waals surface area contributed by atoms with Crippen molar-refractivity contribution in [3.8, 4) is 6.07 Å². The van der Waals surface area contributed by atoms with Crippen molar-refractivity contribution in [1.82, 2.24) is 0 Å². The van der Waals surface area contributed by atoms with Crippen LogP contribution in [-0.2, 0) is 4.79 Å². The standard InChI is InChI=1S/C16H14N2O2S/c17-10-4-12-21-15-7-2-1-6-14(15)18-16(19)9-8-13-5-3-11-20-13/h1-3,5-9,11H,4,12H2,(H,18,19)/b9-8+. The molecular weight excluding hydrogens is 284 g/mol. The van der Waals surface area contributed by atoms with E-state index in [2.05, 4.69) is 11.4 Å². The van der Waals surface area contributed by atoms with E-state index in [0.717, 1.165) is 10.6 Å². The average Bonchev–Trinajstić information content (AvgIpc) is 3.00. The number of hydrogen-bond donors (Lipinski definition) is 1. The van der Waals surface area contributed by atoms with Crippen molar-refractivity contribution in [3.05, 3.63) is 54.5 Å². The second-order valence-corrected chi connectivity index (χ2v) is 5.23. The Kier molecular flexibility index (Phi) is 5.68. The molecule has 21 heavy (non-hydrogen) atoms. The van der Waals surface area contributed by atoms with Crippen molar-refractivity contribution in [2.24, 2.45) is 0 Å². The predicted molar refractivity (Wildman–Crippen MR) is 83.8 cm³/mol. The van der Waals surface area contributed by atoms with E-state index in [0.29, 0.717) is 17.9 Å². The maximum atomic E-state index is 11.9. The average molecular weight is 298 g/mol. The van der Waals surface area contributed by atoms with Crippen molar-refractivity contribution in [3.63, 3.8) is 0 Å². The summed E-state index contributed by atoms with van der Waals surface area (Å²) in [4.78, 5) is 12.8. The van der Waals surface area contributed by atoms with Crippen molar-refractivity contribution >= 4 is 29.4 Å². The van der Waals surface area contributed by atoms with Gasteiger partial charge in [-0.25, -0.2) is 0 Å². The van der Waals surface area contributed by atoms with Gasteiger partial charge in [0.05, 0.1) is 18.0 Å². The first-order valence-corrected chi connectivity index (χ1v) is 7.39. The zero-order chi connectivity index (χ0) is 14.9. The van der Waals surface area contributed by atoms with Crippen LogP contribution >= 0.6 is 11.8 Å². The van der Waals surface area contributed by atoms with Gasteiger partial charge in [-0.2, -0.15) is 5.26 Å². The molecule has 2 rings (SSSR count). The molecule has 1 aromatic heterocycles. The van der Waals surface area contributed by atoms with Gasteiger partial charge in [-0.1, -0.05) is 12.1 Å². The molecule has 1 heterocycles. The summed E-state index contributed by atoms with van der Waals surface area (Å²) < 4.78 is 5.12. The molecule has 106 valence electrons. The molecule has 0 aliphatic carbocycles. The lowest BCUT2D eigenvalue weighted by atomic mass is 10.3. The molecule has 0 atom stereocenters. The Morgan fingerprint density at radius 2 is 2.19 bits per heavy atom. The van der Waals surface area contributed by atoms with Crippen LogP contribution in [0.5, 0.6) is 0 Å². The Balaban J connectivity index is 1.98. The van der Waals surface area contributed by atoms with Gasteiger partial charge in [0.15, 0.2) is 0 Å². The molecule has 0 bridgehead atoms. The second kappa shape index (κ2) is 7.98. The van der Waals surface area contributed by atoms with E-state index in [9.17, 15) is 4.79 Å². The number of carbonyl (C=O) groups is 1. The molecule has 0 saturated carbocycles. The highest BCUT2D eigenvalue weighted by atomic mass is 32.2. The molecule has 0 aliphatic heterocycles. The molecule has 4 nitrogen and oxygen atoms in total. The van der Waals surface area contributed by atoms with Gasteiger partial charge in [-0.3, -0.25) is 4.79 Å². The lowest BCUT2D eigenvalue weighted by molar-refractivity contribution is -0.111. The highest BCUT2D eigenvalue weighted by Gasteiger charge is 2.04. The van der Waals surface area contributed by atoms with Crippen LogP contribution in [0.15, 0.2) is 58.1 Å². The van der Waals surface area contributed by atoms with Gasteiger partial charge in [-0.15, -0.1) is 11.8 Å². The number of furan rings is 1. The number of hydrogen-bond acceptors (Lipinski definition) is 4. The molecule has 0 unspecified atom stereocenters. The number of rotatable bonds is 6. The van der Waals surface area contributed by atoms with E-state index in [1.54, 1.807) is 36.2 Å². The minimum absolute atomic E-state index is 0.222. The van der Waals surface area contributed by atoms with E-state index >= 15 is 0 Å². The first kappa shape index (κ1) is 14.9. The summed E-state index contributed by atoms with van der Waals surface area (Å²) in [5.41, 5.74) is 0.745. The summed E-state index contributed by atoms with van der Waals surface area (Å²) in [6.07, 6.45) is 5.07. The Morgan fingerprint density at radius 3 is 2.95 bits per heavy atom. The highest BCUT2D eigenvalue weighted by molar-refractivity contribution is 7.99. The molecule has 0 saturated heterocycles. The maximum Gasteiger partial charge on any atom is 0.248 e. The number of nitrogens with one attached hydrogen (secondary N) is 1. The van der Waals surface area contributed by atoms with Gasteiger partial charge >= 0.3 is 0 Å². The van der Waals surface area contributed by atoms with E-state index < -0.39 is 0 Å². The van der Waals surface area contributed by atoms with Gasteiger partial charge < -0.3 is 9.73 Å². The summed E-state index contributed by atoms with van der Waals surface area (Å²) in [6, 6.07) is 13.2. The van der Waals surface area contributed by atoms with Crippen molar-refractivity contribution < 1.29 is 9.21 Å². The minimum atomic E-state index is -0.222. The number of thioether (sulfide) groups is 1. The summed E-state index contributed by atoms with van der Waals surface area (Å²) in [7, 11) is 0. The van der Waals surface area contributed by atoms with Gasteiger partial charge in [0.25, 0.3) is 0 Å². The Hall–Kier alpha value is -2.45. The van der Waals surface area contributed by atoms with Crippen LogP contribution in [0.3, 0.4) is 0 Å². The third-order valence-electron chi connectivity index (χ3n) is 2.56. The number of anilines is 1. The summed E-state index contributed by atoms with van der Waals surface area (Å²) in [5, 5.41) is 11.4. The largest absolute Gasteiger partial charge is 0.465 e. The van der Waals surface area contributed by atoms with Crippen LogP contribution in [0.1, 0.15) is 12.2 Å². The van der Waals surface area contributed by atoms with Crippen molar-refractivity contribution in [1.29, 1.82) is 5.26 Å². The van der Waals surface area contributed by atoms with Gasteiger partial charge in [0.2, 0.25) is 5.91 Å². The minimum Gasteiger partial charge on any atom is -0.465 e. The lowest BCUT2D eigenvalue weighted by Gasteiger charge is -2.08. The maximum absolute atomic E-state index is 11.9. The summed E-state index contributed by atoms with van der Waals surface area (Å²) in [6.45, 7) is 0. The second-order valence-electron chi connectivity index (χ2n) is 4.09. The first-order chi connectivity index (χ1) is 10.3. The SMILES string of the molecule is N#CCCSc1ccccc1NC(=O)/C=C/c1ccco1. The zero-order valence-electron chi connectivity index (χ0n) is 11.3. The molecule has 1 amide bonds. The van der Waals surface area contributed by atoms with Crippen LogP contribution in [0.2, 0.25) is 0 Å². The van der Waals surface area contributed by atoms with E-state index in [1.807, 2.05) is 24.3 Å². The Labute approximate surface area is 127 Å². The van der Waals surface area contributed by atoms with Crippen LogP contribution < -0.4 is 5.32 Å².